The minimum absolute atomic E-state index is 0. The molecule has 0 bridgehead atoms. The first-order valence-corrected chi connectivity index (χ1v) is 3.78. The van der Waals surface area contributed by atoms with Crippen molar-refractivity contribution < 1.29 is 39.2 Å². The van der Waals surface area contributed by atoms with E-state index in [9.17, 15) is 0 Å². The van der Waals surface area contributed by atoms with Gasteiger partial charge in [0.15, 0.2) is 0 Å². The third-order valence-corrected chi connectivity index (χ3v) is 1.11. The van der Waals surface area contributed by atoms with Gasteiger partial charge in [-0.3, -0.25) is 0 Å². The van der Waals surface area contributed by atoms with Gasteiger partial charge in [-0.25, -0.2) is 24.3 Å². The average molecular weight is 246 g/mol. The molecule has 0 aliphatic carbocycles. The molecule has 1 N–H and O–H groups in total. The van der Waals surface area contributed by atoms with E-state index >= 15 is 0 Å². The number of rotatable bonds is 0. The predicted octanol–water partition coefficient (Wildman–Crippen LogP) is -0.579. The number of halogens is 1. The first kappa shape index (κ1) is 19.3. The van der Waals surface area contributed by atoms with E-state index in [0.717, 1.165) is 7.11 Å². The fourth-order valence-electron chi connectivity index (χ4n) is 0.642. The third-order valence-electron chi connectivity index (χ3n) is 1.11. The molecular formula is C11H14ClOTi. The monoisotopic (exact) mass is 245 g/mol. The maximum atomic E-state index is 7.00. The van der Waals surface area contributed by atoms with Crippen molar-refractivity contribution in [1.29, 1.82) is 0 Å². The minimum atomic E-state index is 0. The molecule has 14 heavy (non-hydrogen) atoms. The van der Waals surface area contributed by atoms with E-state index in [2.05, 4.69) is 0 Å². The third kappa shape index (κ3) is 14.2. The second-order valence-corrected chi connectivity index (χ2v) is 1.92. The maximum absolute atomic E-state index is 7.00. The molecular weight excluding hydrogens is 231 g/mol. The average Bonchev–Trinajstić information content (AvgIpc) is 2.87. The summed E-state index contributed by atoms with van der Waals surface area (Å²) < 4.78 is 0. The van der Waals surface area contributed by atoms with Gasteiger partial charge in [-0.1, -0.05) is 0 Å². The Balaban J connectivity index is -0.000000131. The standard InChI is InChI=1S/2C5H5.CH4O.ClH.Ti/c2*1-2-4-5-3-1;1-2;;/h2*1-5H;2H,1H3;1H;/q2*-1;;;+3/p-1. The van der Waals surface area contributed by atoms with E-state index in [1.165, 1.54) is 0 Å². The van der Waals surface area contributed by atoms with Gasteiger partial charge >= 0.3 is 21.7 Å². The molecule has 0 saturated carbocycles. The van der Waals surface area contributed by atoms with Crippen LogP contribution < -0.4 is 12.4 Å². The van der Waals surface area contributed by atoms with E-state index in [4.69, 9.17) is 5.11 Å². The van der Waals surface area contributed by atoms with Gasteiger partial charge in [0.2, 0.25) is 0 Å². The quantitative estimate of drug-likeness (QED) is 0.486. The van der Waals surface area contributed by atoms with Gasteiger partial charge in [0.05, 0.1) is 0 Å². The molecule has 0 aliphatic heterocycles. The van der Waals surface area contributed by atoms with Crippen LogP contribution >= 0.6 is 0 Å². The minimum Gasteiger partial charge on any atom is -1.00 e. The fourth-order valence-corrected chi connectivity index (χ4v) is 0.642. The van der Waals surface area contributed by atoms with Gasteiger partial charge in [0.25, 0.3) is 0 Å². The summed E-state index contributed by atoms with van der Waals surface area (Å²) in [5.74, 6) is 0. The molecule has 0 fully saturated rings. The van der Waals surface area contributed by atoms with Crippen molar-refractivity contribution in [3.63, 3.8) is 0 Å². The van der Waals surface area contributed by atoms with Crippen LogP contribution in [-0.2, 0) is 21.7 Å². The Bertz CT molecular complexity index is 155. The van der Waals surface area contributed by atoms with Gasteiger partial charge in [-0.15, -0.1) is 0 Å². The number of aliphatic hydroxyl groups excluding tert-OH is 1. The summed E-state index contributed by atoms with van der Waals surface area (Å²) in [5, 5.41) is 7.00. The SMILES string of the molecule is CO.[Cl-].[Ti+3].c1cc[cH-]c1.c1cc[cH-]c1. The fraction of sp³-hybridized carbons (Fsp3) is 0.0909. The largest absolute Gasteiger partial charge is 3.00 e. The molecule has 0 aliphatic rings. The smallest absolute Gasteiger partial charge is 1.00 e. The molecule has 2 aromatic rings. The summed E-state index contributed by atoms with van der Waals surface area (Å²) in [5.41, 5.74) is 0. The summed E-state index contributed by atoms with van der Waals surface area (Å²) in [4.78, 5) is 0. The molecule has 1 nitrogen and oxygen atoms in total. The Labute approximate surface area is 107 Å². The van der Waals surface area contributed by atoms with Crippen molar-refractivity contribution in [2.24, 2.45) is 0 Å². The molecule has 0 unspecified atom stereocenters. The summed E-state index contributed by atoms with van der Waals surface area (Å²) in [6.07, 6.45) is 0. The summed E-state index contributed by atoms with van der Waals surface area (Å²) in [6, 6.07) is 20.0. The topological polar surface area (TPSA) is 20.2 Å². The van der Waals surface area contributed by atoms with Crippen molar-refractivity contribution in [2.45, 2.75) is 0 Å². The normalized spacial score (nSPS) is 6.14. The first-order chi connectivity index (χ1) is 6.00. The Hall–Kier alpha value is -0.336. The molecule has 0 aromatic heterocycles. The van der Waals surface area contributed by atoms with Gasteiger partial charge in [-0.2, -0.15) is 36.4 Å². The summed E-state index contributed by atoms with van der Waals surface area (Å²) in [7, 11) is 1.00. The number of hydrogen-bond donors (Lipinski definition) is 1. The first-order valence-electron chi connectivity index (χ1n) is 3.78. The van der Waals surface area contributed by atoms with Crippen molar-refractivity contribution in [2.75, 3.05) is 7.11 Å². The number of hydrogen-bond acceptors (Lipinski definition) is 1. The van der Waals surface area contributed by atoms with Crippen molar-refractivity contribution >= 4 is 0 Å². The van der Waals surface area contributed by atoms with Crippen molar-refractivity contribution in [3.8, 4) is 0 Å². The zero-order chi connectivity index (χ0) is 9.07. The van der Waals surface area contributed by atoms with Crippen LogP contribution in [0.2, 0.25) is 0 Å². The van der Waals surface area contributed by atoms with E-state index in [1.807, 2.05) is 60.7 Å². The zero-order valence-electron chi connectivity index (χ0n) is 8.10. The summed E-state index contributed by atoms with van der Waals surface area (Å²) >= 11 is 0. The second kappa shape index (κ2) is 18.4. The molecule has 0 spiro atoms. The molecule has 75 valence electrons. The van der Waals surface area contributed by atoms with E-state index in [-0.39, 0.29) is 34.1 Å². The zero-order valence-corrected chi connectivity index (χ0v) is 10.4. The van der Waals surface area contributed by atoms with Crippen LogP contribution in [0.15, 0.2) is 60.7 Å². The predicted molar refractivity (Wildman–Crippen MR) is 52.2 cm³/mol. The molecule has 0 heterocycles. The van der Waals surface area contributed by atoms with Crippen LogP contribution in [0, 0.1) is 0 Å². The van der Waals surface area contributed by atoms with Gasteiger partial charge in [0.1, 0.15) is 0 Å². The van der Waals surface area contributed by atoms with Crippen LogP contribution in [0.3, 0.4) is 0 Å². The van der Waals surface area contributed by atoms with E-state index < -0.39 is 0 Å². The Morgan fingerprint density at radius 1 is 0.714 bits per heavy atom. The van der Waals surface area contributed by atoms with Gasteiger partial charge in [-0.05, 0) is 0 Å². The van der Waals surface area contributed by atoms with Crippen molar-refractivity contribution in [1.82, 2.24) is 0 Å². The molecule has 3 heteroatoms. The van der Waals surface area contributed by atoms with Crippen LogP contribution in [0.25, 0.3) is 0 Å². The summed E-state index contributed by atoms with van der Waals surface area (Å²) in [6.45, 7) is 0. The van der Waals surface area contributed by atoms with Crippen LogP contribution in [0.1, 0.15) is 0 Å². The molecule has 2 rings (SSSR count). The van der Waals surface area contributed by atoms with E-state index in [0.29, 0.717) is 0 Å². The van der Waals surface area contributed by atoms with Gasteiger partial charge < -0.3 is 17.5 Å². The van der Waals surface area contributed by atoms with Crippen LogP contribution in [0.4, 0.5) is 0 Å². The Kier molecular flexibility index (Phi) is 25.4. The van der Waals surface area contributed by atoms with Crippen molar-refractivity contribution in [3.05, 3.63) is 60.7 Å². The molecule has 0 amide bonds. The Morgan fingerprint density at radius 3 is 1.00 bits per heavy atom. The van der Waals surface area contributed by atoms with Crippen LogP contribution in [-0.4, -0.2) is 12.2 Å². The Morgan fingerprint density at radius 2 is 0.929 bits per heavy atom. The van der Waals surface area contributed by atoms with Crippen LogP contribution in [0.5, 0.6) is 0 Å². The second-order valence-electron chi connectivity index (χ2n) is 1.92. The molecule has 2 aromatic carbocycles. The van der Waals surface area contributed by atoms with E-state index in [1.54, 1.807) is 0 Å². The number of aliphatic hydroxyl groups is 1. The molecule has 0 atom stereocenters. The molecule has 0 saturated heterocycles. The molecule has 1 radical (unpaired) electrons. The maximum Gasteiger partial charge on any atom is 3.00 e. The van der Waals surface area contributed by atoms with Gasteiger partial charge in [0, 0.05) is 7.11 Å².